The van der Waals surface area contributed by atoms with Crippen LogP contribution in [-0.4, -0.2) is 41.0 Å². The van der Waals surface area contributed by atoms with E-state index in [2.05, 4.69) is 0 Å². The predicted octanol–water partition coefficient (Wildman–Crippen LogP) is 3.95. The van der Waals surface area contributed by atoms with Crippen molar-refractivity contribution in [1.29, 1.82) is 0 Å². The van der Waals surface area contributed by atoms with E-state index >= 15 is 0 Å². The number of imide groups is 1. The molecule has 3 aromatic rings. The number of amides is 2. The monoisotopic (exact) mass is 532 g/mol. The van der Waals surface area contributed by atoms with Crippen LogP contribution in [0.2, 0.25) is 5.02 Å². The average Bonchev–Trinajstić information content (AvgIpc) is 3.48. The first-order chi connectivity index (χ1) is 18.2. The molecule has 0 unspecified atom stereocenters. The van der Waals surface area contributed by atoms with Gasteiger partial charge < -0.3 is 9.47 Å². The van der Waals surface area contributed by atoms with E-state index in [0.29, 0.717) is 10.6 Å². The Morgan fingerprint density at radius 2 is 1.58 bits per heavy atom. The molecule has 38 heavy (non-hydrogen) atoms. The molecule has 1 aliphatic carbocycles. The number of halogens is 1. The van der Waals surface area contributed by atoms with E-state index in [9.17, 15) is 29.3 Å². The first kappa shape index (κ1) is 24.0. The topological polar surface area (TPSA) is 133 Å². The van der Waals surface area contributed by atoms with Gasteiger partial charge in [-0.15, -0.1) is 0 Å². The standard InChI is InChI=1S/C27H17ClN2O8/c1-37-19-12-15(30(35)36)10-11-18(19)29-25(33)20-21(26(29)34)27(38-22(20)13-6-8-14(28)9-7-13)23(31)16-4-2-3-5-17(16)24(27)32/h2-12,20-22H,1H3/t20-,21+,22+/m0/s1. The molecule has 3 atom stereocenters. The van der Waals surface area contributed by atoms with Gasteiger partial charge in [-0.3, -0.25) is 29.3 Å². The summed E-state index contributed by atoms with van der Waals surface area (Å²) in [5, 5.41) is 11.7. The molecule has 3 aliphatic rings. The van der Waals surface area contributed by atoms with E-state index < -0.39 is 51.8 Å². The molecule has 1 spiro atoms. The Labute approximate surface area is 219 Å². The zero-order valence-corrected chi connectivity index (χ0v) is 20.4. The third-order valence-electron chi connectivity index (χ3n) is 7.33. The second-order valence-electron chi connectivity index (χ2n) is 9.16. The van der Waals surface area contributed by atoms with Crippen molar-refractivity contribution < 1.29 is 33.6 Å². The maximum absolute atomic E-state index is 14.0. The van der Waals surface area contributed by atoms with Crippen LogP contribution >= 0.6 is 11.6 Å². The Kier molecular flexibility index (Phi) is 5.23. The fraction of sp³-hybridized carbons (Fsp3) is 0.185. The quantitative estimate of drug-likeness (QED) is 0.213. The van der Waals surface area contributed by atoms with Crippen LogP contribution in [0, 0.1) is 22.0 Å². The lowest BCUT2D eigenvalue weighted by Crippen LogP contribution is -2.51. The van der Waals surface area contributed by atoms with Crippen LogP contribution in [0.1, 0.15) is 32.4 Å². The minimum absolute atomic E-state index is 0.0390. The Balaban J connectivity index is 1.54. The Bertz CT molecular complexity index is 1550. The highest BCUT2D eigenvalue weighted by atomic mass is 35.5. The van der Waals surface area contributed by atoms with Crippen molar-refractivity contribution in [3.8, 4) is 5.75 Å². The molecule has 3 aromatic carbocycles. The fourth-order valence-electron chi connectivity index (χ4n) is 5.67. The highest BCUT2D eigenvalue weighted by Gasteiger charge is 2.74. The lowest BCUT2D eigenvalue weighted by atomic mass is 9.77. The normalized spacial score (nSPS) is 23.2. The summed E-state index contributed by atoms with van der Waals surface area (Å²) in [5.41, 5.74) is -1.91. The second-order valence-corrected chi connectivity index (χ2v) is 9.59. The summed E-state index contributed by atoms with van der Waals surface area (Å²) in [6.07, 6.45) is -1.12. The van der Waals surface area contributed by atoms with Crippen molar-refractivity contribution in [2.24, 2.45) is 11.8 Å². The van der Waals surface area contributed by atoms with Crippen LogP contribution in [0.15, 0.2) is 66.7 Å². The largest absolute Gasteiger partial charge is 0.494 e. The summed E-state index contributed by atoms with van der Waals surface area (Å²) < 4.78 is 11.5. The Morgan fingerprint density at radius 3 is 2.16 bits per heavy atom. The maximum Gasteiger partial charge on any atom is 0.273 e. The number of Topliss-reactive ketones (excluding diaryl/α,β-unsaturated/α-hetero) is 2. The van der Waals surface area contributed by atoms with E-state index in [4.69, 9.17) is 21.1 Å². The predicted molar refractivity (Wildman–Crippen MR) is 132 cm³/mol. The summed E-state index contributed by atoms with van der Waals surface area (Å²) in [4.78, 5) is 67.0. The number of hydrogen-bond donors (Lipinski definition) is 0. The van der Waals surface area contributed by atoms with Gasteiger partial charge in [0.1, 0.15) is 5.75 Å². The molecule has 0 radical (unpaired) electrons. The molecule has 6 rings (SSSR count). The number of nitro benzene ring substituents is 1. The van der Waals surface area contributed by atoms with Gasteiger partial charge in [-0.2, -0.15) is 0 Å². The summed E-state index contributed by atoms with van der Waals surface area (Å²) in [5.74, 6) is -5.73. The van der Waals surface area contributed by atoms with Crippen molar-refractivity contribution in [1.82, 2.24) is 0 Å². The highest BCUT2D eigenvalue weighted by Crippen LogP contribution is 2.58. The summed E-state index contributed by atoms with van der Waals surface area (Å²) in [6, 6.07) is 16.0. The molecule has 10 nitrogen and oxygen atoms in total. The van der Waals surface area contributed by atoms with Gasteiger partial charge in [0.15, 0.2) is 0 Å². The number of nitrogens with zero attached hydrogens (tertiary/aromatic N) is 2. The van der Waals surface area contributed by atoms with Crippen LogP contribution in [0.5, 0.6) is 5.75 Å². The molecule has 0 aromatic heterocycles. The summed E-state index contributed by atoms with van der Waals surface area (Å²) >= 11 is 6.04. The van der Waals surface area contributed by atoms with Crippen LogP contribution in [0.3, 0.4) is 0 Å². The fourth-order valence-corrected chi connectivity index (χ4v) is 5.80. The van der Waals surface area contributed by atoms with Crippen LogP contribution < -0.4 is 9.64 Å². The van der Waals surface area contributed by atoms with Gasteiger partial charge in [0, 0.05) is 22.2 Å². The zero-order valence-electron chi connectivity index (χ0n) is 19.6. The molecule has 2 heterocycles. The van der Waals surface area contributed by atoms with Crippen molar-refractivity contribution in [2.75, 3.05) is 12.0 Å². The number of rotatable bonds is 4. The highest BCUT2D eigenvalue weighted by molar-refractivity contribution is 6.37. The van der Waals surface area contributed by atoms with E-state index in [1.807, 2.05) is 0 Å². The number of carbonyl (C=O) groups excluding carboxylic acids is 4. The van der Waals surface area contributed by atoms with Crippen LogP contribution in [0.25, 0.3) is 0 Å². The number of ether oxygens (including phenoxy) is 2. The van der Waals surface area contributed by atoms with E-state index in [-0.39, 0.29) is 28.3 Å². The summed E-state index contributed by atoms with van der Waals surface area (Å²) in [7, 11) is 1.25. The van der Waals surface area contributed by atoms with Crippen molar-refractivity contribution in [3.05, 3.63) is 98.6 Å². The molecule has 2 amide bonds. The molecule has 0 saturated carbocycles. The molecule has 11 heteroatoms. The van der Waals surface area contributed by atoms with Gasteiger partial charge in [-0.05, 0) is 23.8 Å². The molecular formula is C27H17ClN2O8. The minimum Gasteiger partial charge on any atom is -0.494 e. The SMILES string of the molecule is COc1cc([N+](=O)[O-])ccc1N1C(=O)[C@@H]2[C@@H](c3ccc(Cl)cc3)OC3(C(=O)c4ccccc4C3=O)[C@H]2C1=O. The van der Waals surface area contributed by atoms with Gasteiger partial charge in [0.2, 0.25) is 29.0 Å². The molecule has 2 saturated heterocycles. The number of benzene rings is 3. The molecule has 0 N–H and O–H groups in total. The molecular weight excluding hydrogens is 516 g/mol. The number of ketones is 2. The van der Waals surface area contributed by atoms with Crippen molar-refractivity contribution >= 4 is 46.4 Å². The van der Waals surface area contributed by atoms with E-state index in [1.165, 1.54) is 25.3 Å². The summed E-state index contributed by atoms with van der Waals surface area (Å²) in [6.45, 7) is 0. The molecule has 190 valence electrons. The van der Waals surface area contributed by atoms with E-state index in [1.54, 1.807) is 36.4 Å². The first-order valence-electron chi connectivity index (χ1n) is 11.5. The number of non-ortho nitro benzene ring substituents is 1. The Morgan fingerprint density at radius 1 is 0.947 bits per heavy atom. The van der Waals surface area contributed by atoms with Gasteiger partial charge in [0.25, 0.3) is 5.69 Å². The third kappa shape index (κ3) is 3.04. The molecule has 2 fully saturated rings. The lowest BCUT2D eigenvalue weighted by Gasteiger charge is -2.27. The average molecular weight is 533 g/mol. The van der Waals surface area contributed by atoms with E-state index in [0.717, 1.165) is 17.0 Å². The number of hydrogen-bond acceptors (Lipinski definition) is 8. The number of nitro groups is 1. The second kappa shape index (κ2) is 8.30. The molecule has 0 bridgehead atoms. The number of methoxy groups -OCH3 is 1. The smallest absolute Gasteiger partial charge is 0.273 e. The molecule has 2 aliphatic heterocycles. The van der Waals surface area contributed by atoms with Crippen LogP contribution in [-0.2, 0) is 14.3 Å². The third-order valence-corrected chi connectivity index (χ3v) is 7.58. The first-order valence-corrected chi connectivity index (χ1v) is 11.9. The van der Waals surface area contributed by atoms with Crippen molar-refractivity contribution in [2.45, 2.75) is 11.7 Å². The Hall–Kier alpha value is -4.41. The maximum atomic E-state index is 14.0. The number of carbonyl (C=O) groups is 4. The van der Waals surface area contributed by atoms with Crippen LogP contribution in [0.4, 0.5) is 11.4 Å². The van der Waals surface area contributed by atoms with Crippen molar-refractivity contribution in [3.63, 3.8) is 0 Å². The van der Waals surface area contributed by atoms with Gasteiger partial charge >= 0.3 is 0 Å². The van der Waals surface area contributed by atoms with Gasteiger partial charge in [-0.1, -0.05) is 48.0 Å². The minimum atomic E-state index is -2.24. The zero-order chi connectivity index (χ0) is 26.9. The number of fused-ring (bicyclic) bond motifs is 3. The number of anilines is 1. The van der Waals surface area contributed by atoms with Gasteiger partial charge in [0.05, 0.1) is 41.7 Å². The van der Waals surface area contributed by atoms with Gasteiger partial charge in [-0.25, -0.2) is 4.90 Å². The lowest BCUT2D eigenvalue weighted by molar-refractivity contribution is -0.384.